The molecular formula is C25H25N3O4. The Morgan fingerprint density at radius 1 is 0.969 bits per heavy atom. The number of amides is 1. The molecule has 1 fully saturated rings. The average Bonchev–Trinajstić information content (AvgIpc) is 3.21. The van der Waals surface area contributed by atoms with Gasteiger partial charge in [0.15, 0.2) is 0 Å². The van der Waals surface area contributed by atoms with Crippen LogP contribution in [0.15, 0.2) is 84.9 Å². The van der Waals surface area contributed by atoms with Crippen molar-refractivity contribution in [3.63, 3.8) is 0 Å². The van der Waals surface area contributed by atoms with Gasteiger partial charge in [-0.2, -0.15) is 0 Å². The Labute approximate surface area is 186 Å². The van der Waals surface area contributed by atoms with Crippen LogP contribution in [0.5, 0.6) is 0 Å². The van der Waals surface area contributed by atoms with E-state index in [9.17, 15) is 14.9 Å². The fourth-order valence-electron chi connectivity index (χ4n) is 3.90. The van der Waals surface area contributed by atoms with Crippen LogP contribution < -0.4 is 5.32 Å². The molecule has 1 aliphatic rings. The Bertz CT molecular complexity index is 1040. The van der Waals surface area contributed by atoms with Crippen LogP contribution >= 0.6 is 0 Å². The second-order valence-corrected chi connectivity index (χ2v) is 7.81. The van der Waals surface area contributed by atoms with Gasteiger partial charge in [0.1, 0.15) is 6.23 Å². The van der Waals surface area contributed by atoms with Crippen molar-refractivity contribution in [2.45, 2.75) is 31.8 Å². The van der Waals surface area contributed by atoms with Crippen molar-refractivity contribution < 1.29 is 14.5 Å². The molecule has 7 heteroatoms. The Morgan fingerprint density at radius 2 is 1.59 bits per heavy atom. The van der Waals surface area contributed by atoms with Crippen LogP contribution in [0.2, 0.25) is 0 Å². The zero-order valence-electron chi connectivity index (χ0n) is 17.6. The highest BCUT2D eigenvalue weighted by atomic mass is 16.6. The molecule has 3 aromatic carbocycles. The number of benzene rings is 3. The number of carbonyl (C=O) groups excluding carboxylic acids is 1. The Morgan fingerprint density at radius 3 is 2.22 bits per heavy atom. The Hall–Kier alpha value is -3.55. The van der Waals surface area contributed by atoms with Gasteiger partial charge < -0.3 is 10.1 Å². The van der Waals surface area contributed by atoms with Crippen LogP contribution in [0.4, 0.5) is 5.69 Å². The number of hydrogen-bond acceptors (Lipinski definition) is 5. The van der Waals surface area contributed by atoms with E-state index in [-0.39, 0.29) is 23.9 Å². The second-order valence-electron chi connectivity index (χ2n) is 7.81. The smallest absolute Gasteiger partial charge is 0.269 e. The highest BCUT2D eigenvalue weighted by molar-refractivity contribution is 5.76. The summed E-state index contributed by atoms with van der Waals surface area (Å²) in [7, 11) is 0. The lowest BCUT2D eigenvalue weighted by Gasteiger charge is -2.28. The summed E-state index contributed by atoms with van der Waals surface area (Å²) in [5.74, 6) is -0.0372. The van der Waals surface area contributed by atoms with Gasteiger partial charge in [-0.15, -0.1) is 0 Å². The molecule has 2 unspecified atom stereocenters. The molecule has 32 heavy (non-hydrogen) atoms. The first-order valence-electron chi connectivity index (χ1n) is 10.6. The lowest BCUT2D eigenvalue weighted by atomic mass is 10.1. The molecule has 1 N–H and O–H groups in total. The number of nitro benzene ring substituents is 1. The summed E-state index contributed by atoms with van der Waals surface area (Å²) in [6, 6.07) is 26.1. The van der Waals surface area contributed by atoms with E-state index in [1.54, 1.807) is 12.1 Å². The number of rotatable bonds is 8. The minimum absolute atomic E-state index is 0.0372. The molecule has 3 aromatic rings. The predicted octanol–water partition coefficient (Wildman–Crippen LogP) is 4.20. The van der Waals surface area contributed by atoms with Gasteiger partial charge in [0.25, 0.3) is 5.69 Å². The maximum absolute atomic E-state index is 12.7. The minimum Gasteiger partial charge on any atom is -0.357 e. The highest BCUT2D eigenvalue weighted by Crippen LogP contribution is 2.34. The Balaban J connectivity index is 1.47. The maximum Gasteiger partial charge on any atom is 0.269 e. The van der Waals surface area contributed by atoms with Crippen LogP contribution in [0.25, 0.3) is 0 Å². The van der Waals surface area contributed by atoms with Crippen molar-refractivity contribution in [3.8, 4) is 0 Å². The van der Waals surface area contributed by atoms with E-state index in [2.05, 4.69) is 10.2 Å². The first-order chi connectivity index (χ1) is 15.6. The SMILES string of the molecule is O=C(CC1COC(c2ccc([N+](=O)[O-])cc2)N1Cc1ccccc1)NCc1ccccc1. The number of nitrogens with one attached hydrogen (secondary N) is 1. The maximum atomic E-state index is 12.7. The van der Waals surface area contributed by atoms with E-state index in [4.69, 9.17) is 4.74 Å². The first kappa shape index (κ1) is 21.7. The molecule has 0 saturated carbocycles. The van der Waals surface area contributed by atoms with Gasteiger partial charge in [-0.1, -0.05) is 60.7 Å². The molecule has 2 atom stereocenters. The topological polar surface area (TPSA) is 84.7 Å². The van der Waals surface area contributed by atoms with Crippen molar-refractivity contribution in [2.24, 2.45) is 0 Å². The summed E-state index contributed by atoms with van der Waals surface area (Å²) in [5.41, 5.74) is 3.03. The van der Waals surface area contributed by atoms with Crippen molar-refractivity contribution in [1.29, 1.82) is 0 Å². The summed E-state index contributed by atoms with van der Waals surface area (Å²) in [5, 5.41) is 14.0. The molecule has 1 aliphatic heterocycles. The summed E-state index contributed by atoms with van der Waals surface area (Å²) < 4.78 is 6.08. The summed E-state index contributed by atoms with van der Waals surface area (Å²) in [6.07, 6.45) is -0.0636. The lowest BCUT2D eigenvalue weighted by Crippen LogP contribution is -2.37. The number of nitro groups is 1. The fourth-order valence-corrected chi connectivity index (χ4v) is 3.90. The number of carbonyl (C=O) groups is 1. The van der Waals surface area contributed by atoms with Gasteiger partial charge in [-0.25, -0.2) is 0 Å². The molecule has 164 valence electrons. The number of ether oxygens (including phenoxy) is 1. The zero-order chi connectivity index (χ0) is 22.3. The molecule has 1 heterocycles. The first-order valence-corrected chi connectivity index (χ1v) is 10.6. The van der Waals surface area contributed by atoms with E-state index in [1.165, 1.54) is 12.1 Å². The number of nitrogens with zero attached hydrogens (tertiary/aromatic N) is 2. The molecule has 0 aliphatic carbocycles. The van der Waals surface area contributed by atoms with E-state index >= 15 is 0 Å². The number of hydrogen-bond donors (Lipinski definition) is 1. The summed E-state index contributed by atoms with van der Waals surface area (Å²) in [4.78, 5) is 25.4. The fraction of sp³-hybridized carbons (Fsp3) is 0.240. The van der Waals surface area contributed by atoms with Crippen molar-refractivity contribution in [2.75, 3.05) is 6.61 Å². The largest absolute Gasteiger partial charge is 0.357 e. The average molecular weight is 431 g/mol. The third-order valence-electron chi connectivity index (χ3n) is 5.57. The summed E-state index contributed by atoms with van der Waals surface area (Å²) >= 11 is 0. The van der Waals surface area contributed by atoms with Crippen LogP contribution in [0.1, 0.15) is 29.3 Å². The normalized spacial score (nSPS) is 18.4. The monoisotopic (exact) mass is 431 g/mol. The molecule has 7 nitrogen and oxygen atoms in total. The molecule has 4 rings (SSSR count). The van der Waals surface area contributed by atoms with Crippen LogP contribution in [0.3, 0.4) is 0 Å². The molecule has 0 radical (unpaired) electrons. The van der Waals surface area contributed by atoms with Gasteiger partial charge >= 0.3 is 0 Å². The minimum atomic E-state index is -0.416. The van der Waals surface area contributed by atoms with Gasteiger partial charge in [0.2, 0.25) is 5.91 Å². The van der Waals surface area contributed by atoms with Crippen LogP contribution in [-0.2, 0) is 22.6 Å². The van der Waals surface area contributed by atoms with E-state index in [1.807, 2.05) is 60.7 Å². The molecule has 0 aromatic heterocycles. The molecule has 1 saturated heterocycles. The Kier molecular flexibility index (Phi) is 6.89. The quantitative estimate of drug-likeness (QED) is 0.427. The molecular weight excluding hydrogens is 406 g/mol. The van der Waals surface area contributed by atoms with Gasteiger partial charge in [0.05, 0.1) is 11.5 Å². The van der Waals surface area contributed by atoms with Gasteiger partial charge in [-0.05, 0) is 28.8 Å². The molecule has 1 amide bonds. The van der Waals surface area contributed by atoms with Crippen LogP contribution in [0, 0.1) is 10.1 Å². The van der Waals surface area contributed by atoms with Crippen molar-refractivity contribution in [1.82, 2.24) is 10.2 Å². The third-order valence-corrected chi connectivity index (χ3v) is 5.57. The van der Waals surface area contributed by atoms with Crippen molar-refractivity contribution >= 4 is 11.6 Å². The molecule has 0 bridgehead atoms. The van der Waals surface area contributed by atoms with Crippen LogP contribution in [-0.4, -0.2) is 28.4 Å². The molecule has 0 spiro atoms. The third kappa shape index (κ3) is 5.38. The highest BCUT2D eigenvalue weighted by Gasteiger charge is 2.36. The summed E-state index contributed by atoms with van der Waals surface area (Å²) in [6.45, 7) is 1.50. The lowest BCUT2D eigenvalue weighted by molar-refractivity contribution is -0.384. The van der Waals surface area contributed by atoms with Gasteiger partial charge in [-0.3, -0.25) is 19.8 Å². The number of non-ortho nitro benzene ring substituents is 1. The van der Waals surface area contributed by atoms with E-state index in [0.29, 0.717) is 26.1 Å². The van der Waals surface area contributed by atoms with Gasteiger partial charge in [0, 0.05) is 37.7 Å². The standard InChI is InChI=1S/C25H25N3O4/c29-24(26-16-19-7-3-1-4-8-19)15-23-18-32-25(21-11-13-22(14-12-21)28(30)31)27(23)17-20-9-5-2-6-10-20/h1-14,23,25H,15-18H2,(H,26,29). The van der Waals surface area contributed by atoms with E-state index < -0.39 is 4.92 Å². The predicted molar refractivity (Wildman–Crippen MR) is 120 cm³/mol. The van der Waals surface area contributed by atoms with Crippen molar-refractivity contribution in [3.05, 3.63) is 112 Å². The second kappa shape index (κ2) is 10.2. The van der Waals surface area contributed by atoms with E-state index in [0.717, 1.165) is 16.7 Å². The zero-order valence-corrected chi connectivity index (χ0v) is 17.6.